The summed E-state index contributed by atoms with van der Waals surface area (Å²) < 4.78 is 4.91. The summed E-state index contributed by atoms with van der Waals surface area (Å²) in [5, 5.41) is 8.96. The quantitative estimate of drug-likeness (QED) is 0.573. The van der Waals surface area contributed by atoms with Crippen LogP contribution in [0.3, 0.4) is 0 Å². The number of esters is 1. The van der Waals surface area contributed by atoms with E-state index in [0.717, 1.165) is 6.29 Å². The van der Waals surface area contributed by atoms with Gasteiger partial charge in [-0.05, 0) is 25.0 Å². The van der Waals surface area contributed by atoms with Crippen LogP contribution in [0.25, 0.3) is 0 Å². The van der Waals surface area contributed by atoms with Crippen LogP contribution in [0.15, 0.2) is 18.2 Å². The minimum atomic E-state index is -0.509. The van der Waals surface area contributed by atoms with E-state index in [4.69, 9.17) is 10.00 Å². The standard InChI is InChI=1S/C13H13NO3/c1-2-17-13(16)12-10(7-4-8-15)5-3-6-11(12)9-14/h3,5-6,8H,2,4,7H2,1H3. The summed E-state index contributed by atoms with van der Waals surface area (Å²) in [6.45, 7) is 1.96. The number of rotatable bonds is 5. The number of hydrogen-bond donors (Lipinski definition) is 0. The van der Waals surface area contributed by atoms with Gasteiger partial charge in [0.15, 0.2) is 0 Å². The van der Waals surface area contributed by atoms with E-state index in [9.17, 15) is 9.59 Å². The first-order chi connectivity index (χ1) is 8.24. The second-order valence-corrected chi connectivity index (χ2v) is 3.38. The van der Waals surface area contributed by atoms with E-state index in [0.29, 0.717) is 18.4 Å². The lowest BCUT2D eigenvalue weighted by Crippen LogP contribution is -2.10. The Morgan fingerprint density at radius 1 is 1.53 bits per heavy atom. The van der Waals surface area contributed by atoms with Crippen molar-refractivity contribution in [1.82, 2.24) is 0 Å². The van der Waals surface area contributed by atoms with Crippen LogP contribution in [0.5, 0.6) is 0 Å². The van der Waals surface area contributed by atoms with Crippen molar-refractivity contribution in [3.05, 3.63) is 34.9 Å². The highest BCUT2D eigenvalue weighted by Gasteiger charge is 2.16. The van der Waals surface area contributed by atoms with Gasteiger partial charge in [0.1, 0.15) is 12.4 Å². The van der Waals surface area contributed by atoms with Gasteiger partial charge in [0.05, 0.1) is 17.7 Å². The third-order valence-corrected chi connectivity index (χ3v) is 2.28. The fourth-order valence-corrected chi connectivity index (χ4v) is 1.56. The third kappa shape index (κ3) is 3.15. The normalized spacial score (nSPS) is 9.41. The number of carbonyl (C=O) groups is 2. The molecule has 0 aliphatic heterocycles. The number of hydrogen-bond acceptors (Lipinski definition) is 4. The molecule has 0 amide bonds. The summed E-state index contributed by atoms with van der Waals surface area (Å²) in [6.07, 6.45) is 1.54. The molecule has 0 atom stereocenters. The van der Waals surface area contributed by atoms with Gasteiger partial charge in [-0.1, -0.05) is 12.1 Å². The molecule has 0 heterocycles. The summed E-state index contributed by atoms with van der Waals surface area (Å²) >= 11 is 0. The minimum Gasteiger partial charge on any atom is -0.462 e. The Bertz CT molecular complexity index is 460. The molecule has 0 radical (unpaired) electrons. The van der Waals surface area contributed by atoms with Gasteiger partial charge in [0.25, 0.3) is 0 Å². The number of aryl methyl sites for hydroxylation is 1. The van der Waals surface area contributed by atoms with Crippen LogP contribution < -0.4 is 0 Å². The fraction of sp³-hybridized carbons (Fsp3) is 0.308. The number of carbonyl (C=O) groups excluding carboxylic acids is 2. The maximum atomic E-state index is 11.7. The molecule has 0 aliphatic carbocycles. The van der Waals surface area contributed by atoms with Gasteiger partial charge >= 0.3 is 5.97 Å². The Balaban J connectivity index is 3.16. The summed E-state index contributed by atoms with van der Waals surface area (Å²) in [7, 11) is 0. The van der Waals surface area contributed by atoms with Crippen molar-refractivity contribution >= 4 is 12.3 Å². The van der Waals surface area contributed by atoms with Crippen molar-refractivity contribution < 1.29 is 14.3 Å². The molecular weight excluding hydrogens is 218 g/mol. The average Bonchev–Trinajstić information content (AvgIpc) is 2.35. The van der Waals surface area contributed by atoms with Crippen molar-refractivity contribution in [1.29, 1.82) is 5.26 Å². The summed E-state index contributed by atoms with van der Waals surface area (Å²) in [6, 6.07) is 6.96. The van der Waals surface area contributed by atoms with E-state index in [1.54, 1.807) is 25.1 Å². The first-order valence-electron chi connectivity index (χ1n) is 5.37. The molecule has 1 aromatic rings. The molecular formula is C13H13NO3. The number of benzene rings is 1. The Morgan fingerprint density at radius 2 is 2.29 bits per heavy atom. The molecule has 0 spiro atoms. The van der Waals surface area contributed by atoms with Crippen LogP contribution in [0, 0.1) is 11.3 Å². The molecule has 0 bridgehead atoms. The Kier molecular flexibility index (Phi) is 4.89. The smallest absolute Gasteiger partial charge is 0.339 e. The van der Waals surface area contributed by atoms with Crippen molar-refractivity contribution in [3.63, 3.8) is 0 Å². The zero-order valence-electron chi connectivity index (χ0n) is 9.60. The molecule has 1 rings (SSSR count). The molecule has 0 fully saturated rings. The second-order valence-electron chi connectivity index (χ2n) is 3.38. The first-order valence-corrected chi connectivity index (χ1v) is 5.37. The number of aldehydes is 1. The van der Waals surface area contributed by atoms with Gasteiger partial charge in [-0.3, -0.25) is 0 Å². The molecule has 0 aliphatic rings. The SMILES string of the molecule is CCOC(=O)c1c(C#N)cccc1CCC=O. The second kappa shape index (κ2) is 6.44. The summed E-state index contributed by atoms with van der Waals surface area (Å²) in [5.41, 5.74) is 1.24. The predicted molar refractivity (Wildman–Crippen MR) is 61.5 cm³/mol. The fourth-order valence-electron chi connectivity index (χ4n) is 1.56. The molecule has 0 aromatic heterocycles. The average molecular weight is 231 g/mol. The molecule has 17 heavy (non-hydrogen) atoms. The van der Waals surface area contributed by atoms with E-state index in [2.05, 4.69) is 0 Å². The van der Waals surface area contributed by atoms with Crippen LogP contribution in [0.4, 0.5) is 0 Å². The lowest BCUT2D eigenvalue weighted by Gasteiger charge is -2.09. The molecule has 0 unspecified atom stereocenters. The molecule has 4 nitrogen and oxygen atoms in total. The van der Waals surface area contributed by atoms with Gasteiger partial charge in [-0.2, -0.15) is 5.26 Å². The van der Waals surface area contributed by atoms with Crippen molar-refractivity contribution in [3.8, 4) is 6.07 Å². The van der Waals surface area contributed by atoms with Crippen molar-refractivity contribution in [2.24, 2.45) is 0 Å². The molecule has 4 heteroatoms. The third-order valence-electron chi connectivity index (χ3n) is 2.28. The lowest BCUT2D eigenvalue weighted by molar-refractivity contribution is -0.107. The first kappa shape index (κ1) is 12.9. The molecule has 1 aromatic carbocycles. The zero-order valence-corrected chi connectivity index (χ0v) is 9.60. The van der Waals surface area contributed by atoms with Crippen molar-refractivity contribution in [2.75, 3.05) is 6.61 Å². The van der Waals surface area contributed by atoms with Gasteiger partial charge in [0.2, 0.25) is 0 Å². The largest absolute Gasteiger partial charge is 0.462 e. The topological polar surface area (TPSA) is 67.2 Å². The highest BCUT2D eigenvalue weighted by atomic mass is 16.5. The van der Waals surface area contributed by atoms with E-state index < -0.39 is 5.97 Å². The zero-order chi connectivity index (χ0) is 12.7. The van der Waals surface area contributed by atoms with E-state index in [1.807, 2.05) is 6.07 Å². The van der Waals surface area contributed by atoms with Gasteiger partial charge < -0.3 is 9.53 Å². The van der Waals surface area contributed by atoms with Gasteiger partial charge in [-0.15, -0.1) is 0 Å². The Morgan fingerprint density at radius 3 is 2.88 bits per heavy atom. The maximum Gasteiger partial charge on any atom is 0.339 e. The van der Waals surface area contributed by atoms with Crippen LogP contribution in [-0.2, 0) is 16.0 Å². The highest BCUT2D eigenvalue weighted by molar-refractivity contribution is 5.94. The monoisotopic (exact) mass is 231 g/mol. The van der Waals surface area contributed by atoms with Crippen LogP contribution in [-0.4, -0.2) is 18.9 Å². The van der Waals surface area contributed by atoms with Crippen LogP contribution >= 0.6 is 0 Å². The van der Waals surface area contributed by atoms with E-state index in [-0.39, 0.29) is 17.7 Å². The van der Waals surface area contributed by atoms with Crippen LogP contribution in [0.1, 0.15) is 34.8 Å². The van der Waals surface area contributed by atoms with Gasteiger partial charge in [0, 0.05) is 6.42 Å². The lowest BCUT2D eigenvalue weighted by atomic mass is 9.98. The number of nitrogens with zero attached hydrogens (tertiary/aromatic N) is 1. The maximum absolute atomic E-state index is 11.7. The summed E-state index contributed by atoms with van der Waals surface area (Å²) in [5.74, 6) is -0.509. The highest BCUT2D eigenvalue weighted by Crippen LogP contribution is 2.17. The molecule has 0 N–H and O–H groups in total. The predicted octanol–water partition coefficient (Wildman–Crippen LogP) is 1.87. The number of ether oxygens (including phenoxy) is 1. The van der Waals surface area contributed by atoms with E-state index in [1.165, 1.54) is 0 Å². The summed E-state index contributed by atoms with van der Waals surface area (Å²) in [4.78, 5) is 22.1. The Labute approximate surface area is 99.8 Å². The van der Waals surface area contributed by atoms with Gasteiger partial charge in [-0.25, -0.2) is 4.79 Å². The van der Waals surface area contributed by atoms with Crippen molar-refractivity contribution in [2.45, 2.75) is 19.8 Å². The molecule has 88 valence electrons. The van der Waals surface area contributed by atoms with Crippen LogP contribution in [0.2, 0.25) is 0 Å². The number of nitriles is 1. The molecule has 0 saturated heterocycles. The Hall–Kier alpha value is -2.15. The molecule has 0 saturated carbocycles. The van der Waals surface area contributed by atoms with E-state index >= 15 is 0 Å². The minimum absolute atomic E-state index is 0.256.